The summed E-state index contributed by atoms with van der Waals surface area (Å²) < 4.78 is 10.3. The number of rotatable bonds is 5. The molecule has 0 spiro atoms. The molecule has 0 radical (unpaired) electrons. The minimum atomic E-state index is -0.443. The molecule has 5 nitrogen and oxygen atoms in total. The van der Waals surface area contributed by atoms with Crippen LogP contribution in [0.25, 0.3) is 0 Å². The lowest BCUT2D eigenvalue weighted by atomic mass is 10.1. The smallest absolute Gasteiger partial charge is 0.407 e. The van der Waals surface area contributed by atoms with Crippen molar-refractivity contribution < 1.29 is 14.3 Å². The number of nitrogens with one attached hydrogen (secondary N) is 2. The van der Waals surface area contributed by atoms with E-state index in [1.165, 1.54) is 0 Å². The van der Waals surface area contributed by atoms with E-state index in [4.69, 9.17) is 9.47 Å². The fourth-order valence-electron chi connectivity index (χ4n) is 1.51. The Kier molecular flexibility index (Phi) is 5.21. The van der Waals surface area contributed by atoms with E-state index in [2.05, 4.69) is 17.6 Å². The van der Waals surface area contributed by atoms with Crippen LogP contribution in [-0.2, 0) is 9.47 Å². The molecule has 1 amide bonds. The van der Waals surface area contributed by atoms with Gasteiger partial charge in [0.1, 0.15) is 5.60 Å². The number of carbonyl (C=O) groups excluding carboxylic acids is 1. The summed E-state index contributed by atoms with van der Waals surface area (Å²) in [6.07, 6.45) is 0.606. The van der Waals surface area contributed by atoms with E-state index in [-0.39, 0.29) is 12.1 Å². The first-order valence-corrected chi connectivity index (χ1v) is 6.21. The van der Waals surface area contributed by atoms with E-state index in [1.54, 1.807) is 0 Å². The molecule has 1 atom stereocenters. The summed E-state index contributed by atoms with van der Waals surface area (Å²) in [5.41, 5.74) is -0.443. The Balaban J connectivity index is 2.19. The second-order valence-electron chi connectivity index (χ2n) is 5.39. The third-order valence-corrected chi connectivity index (χ3v) is 2.49. The van der Waals surface area contributed by atoms with Crippen LogP contribution in [0.3, 0.4) is 0 Å². The van der Waals surface area contributed by atoms with Crippen LogP contribution < -0.4 is 10.6 Å². The van der Waals surface area contributed by atoms with Gasteiger partial charge in [0, 0.05) is 12.6 Å². The van der Waals surface area contributed by atoms with Gasteiger partial charge in [0.25, 0.3) is 0 Å². The molecule has 1 fully saturated rings. The third-order valence-electron chi connectivity index (χ3n) is 2.49. The van der Waals surface area contributed by atoms with E-state index < -0.39 is 5.60 Å². The highest BCUT2D eigenvalue weighted by Crippen LogP contribution is 2.07. The first-order chi connectivity index (χ1) is 7.90. The average Bonchev–Trinajstić information content (AvgIpc) is 2.12. The van der Waals surface area contributed by atoms with Crippen molar-refractivity contribution >= 4 is 6.09 Å². The summed E-state index contributed by atoms with van der Waals surface area (Å²) in [6, 6.07) is 0.705. The van der Waals surface area contributed by atoms with Crippen LogP contribution in [0.4, 0.5) is 4.79 Å². The zero-order valence-corrected chi connectivity index (χ0v) is 11.2. The number of amides is 1. The van der Waals surface area contributed by atoms with Crippen molar-refractivity contribution in [3.8, 4) is 0 Å². The van der Waals surface area contributed by atoms with Crippen molar-refractivity contribution in [2.24, 2.45) is 0 Å². The zero-order chi connectivity index (χ0) is 12.9. The first-order valence-electron chi connectivity index (χ1n) is 6.21. The lowest BCUT2D eigenvalue weighted by molar-refractivity contribution is -0.0103. The molecule has 1 aliphatic rings. The molecule has 1 heterocycles. The molecule has 1 rings (SSSR count). The van der Waals surface area contributed by atoms with Crippen LogP contribution in [0.1, 0.15) is 34.1 Å². The van der Waals surface area contributed by atoms with Crippen LogP contribution in [0.5, 0.6) is 0 Å². The maximum atomic E-state index is 11.5. The Bertz CT molecular complexity index is 247. The van der Waals surface area contributed by atoms with Gasteiger partial charge >= 0.3 is 6.09 Å². The van der Waals surface area contributed by atoms with Crippen LogP contribution in [-0.4, -0.2) is 43.5 Å². The molecule has 0 aliphatic carbocycles. The van der Waals surface area contributed by atoms with Crippen LogP contribution in [0, 0.1) is 0 Å². The number of hydrogen-bond donors (Lipinski definition) is 2. The Morgan fingerprint density at radius 3 is 2.53 bits per heavy atom. The fourth-order valence-corrected chi connectivity index (χ4v) is 1.51. The second kappa shape index (κ2) is 6.21. The summed E-state index contributed by atoms with van der Waals surface area (Å²) in [6.45, 7) is 9.78. The van der Waals surface area contributed by atoms with Crippen molar-refractivity contribution in [2.75, 3.05) is 19.8 Å². The summed E-state index contributed by atoms with van der Waals surface area (Å²) in [5, 5.41) is 6.21. The van der Waals surface area contributed by atoms with Crippen molar-refractivity contribution in [3.63, 3.8) is 0 Å². The maximum Gasteiger partial charge on any atom is 0.407 e. The molecule has 100 valence electrons. The summed E-state index contributed by atoms with van der Waals surface area (Å²) in [4.78, 5) is 11.5. The number of alkyl carbamates (subject to hydrolysis) is 1. The van der Waals surface area contributed by atoms with E-state index >= 15 is 0 Å². The maximum absolute atomic E-state index is 11.5. The normalized spacial score (nSPS) is 18.4. The molecule has 1 saturated heterocycles. The predicted molar refractivity (Wildman–Crippen MR) is 66.1 cm³/mol. The molecule has 1 aliphatic heterocycles. The lowest BCUT2D eigenvalue weighted by Gasteiger charge is -2.31. The van der Waals surface area contributed by atoms with Crippen molar-refractivity contribution in [3.05, 3.63) is 0 Å². The minimum absolute atomic E-state index is 0.274. The highest BCUT2D eigenvalue weighted by atomic mass is 16.6. The Morgan fingerprint density at radius 2 is 2.12 bits per heavy atom. The van der Waals surface area contributed by atoms with Gasteiger partial charge in [0.15, 0.2) is 0 Å². The largest absolute Gasteiger partial charge is 0.444 e. The highest BCUT2D eigenvalue weighted by Gasteiger charge is 2.22. The second-order valence-corrected chi connectivity index (χ2v) is 5.39. The molecule has 0 aromatic heterocycles. The Morgan fingerprint density at radius 1 is 1.47 bits per heavy atom. The third kappa shape index (κ3) is 5.89. The Labute approximate surface area is 103 Å². The molecule has 0 bridgehead atoms. The van der Waals surface area contributed by atoms with E-state index in [1.807, 2.05) is 20.8 Å². The zero-order valence-electron chi connectivity index (χ0n) is 11.2. The molecule has 0 aromatic rings. The SMILES string of the molecule is CCC(CNC(=O)OC(C)(C)C)NC1COC1. The molecule has 2 N–H and O–H groups in total. The van der Waals surface area contributed by atoms with Gasteiger partial charge in [-0.3, -0.25) is 0 Å². The van der Waals surface area contributed by atoms with Crippen LogP contribution in [0.15, 0.2) is 0 Å². The molecule has 5 heteroatoms. The average molecular weight is 244 g/mol. The van der Waals surface area contributed by atoms with E-state index in [0.29, 0.717) is 12.6 Å². The summed E-state index contributed by atoms with van der Waals surface area (Å²) in [5.74, 6) is 0. The molecular weight excluding hydrogens is 220 g/mol. The predicted octanol–water partition coefficient (Wildman–Crippen LogP) is 1.28. The standard InChI is InChI=1S/C12H24N2O3/c1-5-9(14-10-7-16-8-10)6-13-11(15)17-12(2,3)4/h9-10,14H,5-8H2,1-4H3,(H,13,15). The molecule has 0 aromatic carbocycles. The lowest BCUT2D eigenvalue weighted by Crippen LogP contribution is -2.53. The first kappa shape index (κ1) is 14.3. The van der Waals surface area contributed by atoms with Crippen molar-refractivity contribution in [1.82, 2.24) is 10.6 Å². The van der Waals surface area contributed by atoms with Crippen molar-refractivity contribution in [2.45, 2.75) is 51.8 Å². The molecule has 1 unspecified atom stereocenters. The van der Waals surface area contributed by atoms with Gasteiger partial charge in [-0.15, -0.1) is 0 Å². The Hall–Kier alpha value is -0.810. The fraction of sp³-hybridized carbons (Fsp3) is 0.917. The van der Waals surface area contributed by atoms with Crippen LogP contribution >= 0.6 is 0 Å². The summed E-state index contributed by atoms with van der Waals surface area (Å²) in [7, 11) is 0. The summed E-state index contributed by atoms with van der Waals surface area (Å²) >= 11 is 0. The van der Waals surface area contributed by atoms with Gasteiger partial charge in [-0.25, -0.2) is 4.79 Å². The molecular formula is C12H24N2O3. The number of ether oxygens (including phenoxy) is 2. The van der Waals surface area contributed by atoms with Crippen LogP contribution in [0.2, 0.25) is 0 Å². The van der Waals surface area contributed by atoms with Gasteiger partial charge in [-0.2, -0.15) is 0 Å². The monoisotopic (exact) mass is 244 g/mol. The van der Waals surface area contributed by atoms with E-state index in [9.17, 15) is 4.79 Å². The quantitative estimate of drug-likeness (QED) is 0.765. The van der Waals surface area contributed by atoms with Gasteiger partial charge in [-0.05, 0) is 27.2 Å². The van der Waals surface area contributed by atoms with Gasteiger partial charge < -0.3 is 20.1 Å². The van der Waals surface area contributed by atoms with Crippen molar-refractivity contribution in [1.29, 1.82) is 0 Å². The molecule has 0 saturated carbocycles. The minimum Gasteiger partial charge on any atom is -0.444 e. The van der Waals surface area contributed by atoms with Gasteiger partial charge in [0.05, 0.1) is 19.3 Å². The number of hydrogen-bond acceptors (Lipinski definition) is 4. The van der Waals surface area contributed by atoms with E-state index in [0.717, 1.165) is 19.6 Å². The number of carbonyl (C=O) groups is 1. The highest BCUT2D eigenvalue weighted by molar-refractivity contribution is 5.67. The topological polar surface area (TPSA) is 59.6 Å². The van der Waals surface area contributed by atoms with Gasteiger partial charge in [0.2, 0.25) is 0 Å². The van der Waals surface area contributed by atoms with Gasteiger partial charge in [-0.1, -0.05) is 6.92 Å². The molecule has 17 heavy (non-hydrogen) atoms.